The molecular formula is C16H26N4O2S. The van der Waals surface area contributed by atoms with Crippen molar-refractivity contribution in [2.75, 3.05) is 25.4 Å². The topological polar surface area (TPSA) is 96.6 Å². The van der Waals surface area contributed by atoms with Gasteiger partial charge in [-0.2, -0.15) is 0 Å². The molecule has 1 fully saturated rings. The first kappa shape index (κ1) is 17.7. The molecule has 0 unspecified atom stereocenters. The summed E-state index contributed by atoms with van der Waals surface area (Å²) in [6, 6.07) is 10.5. The summed E-state index contributed by atoms with van der Waals surface area (Å²) in [7, 11) is -3.46. The third-order valence-corrected chi connectivity index (χ3v) is 5.03. The van der Waals surface area contributed by atoms with Crippen LogP contribution in [0.5, 0.6) is 0 Å². The third-order valence-electron chi connectivity index (χ3n) is 4.26. The Labute approximate surface area is 138 Å². The Hall–Kier alpha value is -1.60. The molecule has 6 nitrogen and oxygen atoms in total. The van der Waals surface area contributed by atoms with E-state index in [4.69, 9.17) is 5.14 Å². The quantitative estimate of drug-likeness (QED) is 0.509. The fourth-order valence-electron chi connectivity index (χ4n) is 2.82. The molecular weight excluding hydrogens is 312 g/mol. The molecule has 0 bridgehead atoms. The normalized spacial score (nSPS) is 17.4. The van der Waals surface area contributed by atoms with Gasteiger partial charge in [-0.15, -0.1) is 0 Å². The van der Waals surface area contributed by atoms with Gasteiger partial charge in [0.1, 0.15) is 0 Å². The van der Waals surface area contributed by atoms with E-state index in [0.717, 1.165) is 19.4 Å². The van der Waals surface area contributed by atoms with E-state index in [0.29, 0.717) is 12.5 Å². The van der Waals surface area contributed by atoms with Crippen molar-refractivity contribution < 1.29 is 8.42 Å². The average molecular weight is 338 g/mol. The third kappa shape index (κ3) is 5.21. The summed E-state index contributed by atoms with van der Waals surface area (Å²) >= 11 is 0. The van der Waals surface area contributed by atoms with Crippen molar-refractivity contribution in [2.45, 2.75) is 31.6 Å². The molecule has 7 heteroatoms. The Kier molecular flexibility index (Phi) is 6.01. The van der Waals surface area contributed by atoms with Gasteiger partial charge in [-0.3, -0.25) is 4.99 Å². The monoisotopic (exact) mass is 338 g/mol. The van der Waals surface area contributed by atoms with Crippen LogP contribution in [0.3, 0.4) is 0 Å². The number of primary sulfonamides is 1. The first-order chi connectivity index (χ1) is 11.0. The first-order valence-corrected chi connectivity index (χ1v) is 9.75. The molecule has 1 aromatic carbocycles. The maximum Gasteiger partial charge on any atom is 0.210 e. The Morgan fingerprint density at radius 2 is 1.96 bits per heavy atom. The molecule has 0 saturated heterocycles. The summed E-state index contributed by atoms with van der Waals surface area (Å²) in [5.74, 6) is 0.527. The van der Waals surface area contributed by atoms with Crippen molar-refractivity contribution >= 4 is 16.0 Å². The molecule has 0 heterocycles. The summed E-state index contributed by atoms with van der Waals surface area (Å²) < 4.78 is 22.0. The number of nitrogens with two attached hydrogens (primary N) is 1. The second kappa shape index (κ2) is 7.79. The van der Waals surface area contributed by atoms with E-state index >= 15 is 0 Å². The van der Waals surface area contributed by atoms with E-state index in [1.54, 1.807) is 0 Å². The number of nitrogens with zero attached hydrogens (tertiary/aromatic N) is 1. The van der Waals surface area contributed by atoms with Gasteiger partial charge in [-0.25, -0.2) is 13.6 Å². The van der Waals surface area contributed by atoms with E-state index in [1.807, 2.05) is 13.0 Å². The number of nitrogens with one attached hydrogen (secondary N) is 2. The minimum absolute atomic E-state index is 0.110. The van der Waals surface area contributed by atoms with Crippen molar-refractivity contribution in [3.63, 3.8) is 0 Å². The van der Waals surface area contributed by atoms with Gasteiger partial charge in [0.05, 0.1) is 12.3 Å². The van der Waals surface area contributed by atoms with Crippen LogP contribution in [0.2, 0.25) is 0 Å². The molecule has 0 aliphatic heterocycles. The average Bonchev–Trinajstić information content (AvgIpc) is 2.46. The molecule has 0 radical (unpaired) electrons. The Morgan fingerprint density at radius 3 is 2.48 bits per heavy atom. The molecule has 4 N–H and O–H groups in total. The highest BCUT2D eigenvalue weighted by Crippen LogP contribution is 2.43. The van der Waals surface area contributed by atoms with Gasteiger partial charge in [-0.05, 0) is 25.3 Å². The zero-order valence-electron chi connectivity index (χ0n) is 13.6. The fraction of sp³-hybridized carbons (Fsp3) is 0.562. The van der Waals surface area contributed by atoms with Crippen molar-refractivity contribution in [3.05, 3.63) is 35.9 Å². The number of guanidine groups is 1. The molecule has 0 spiro atoms. The molecule has 2 rings (SSSR count). The van der Waals surface area contributed by atoms with Crippen LogP contribution in [0.15, 0.2) is 35.3 Å². The van der Waals surface area contributed by atoms with Gasteiger partial charge in [0.15, 0.2) is 5.96 Å². The molecule has 23 heavy (non-hydrogen) atoms. The van der Waals surface area contributed by atoms with Gasteiger partial charge in [0.2, 0.25) is 10.0 Å². The molecule has 1 aromatic rings. The molecule has 1 aliphatic rings. The summed E-state index contributed by atoms with van der Waals surface area (Å²) in [6.07, 6.45) is 3.49. The lowest BCUT2D eigenvalue weighted by atomic mass is 9.64. The minimum atomic E-state index is -3.46. The number of aliphatic imine (C=N–C) groups is 1. The summed E-state index contributed by atoms with van der Waals surface area (Å²) in [6.45, 7) is 3.65. The summed E-state index contributed by atoms with van der Waals surface area (Å²) in [4.78, 5) is 4.66. The highest BCUT2D eigenvalue weighted by atomic mass is 32.2. The second-order valence-corrected chi connectivity index (χ2v) is 7.72. The molecule has 1 aliphatic carbocycles. The van der Waals surface area contributed by atoms with Gasteiger partial charge in [0, 0.05) is 18.5 Å². The molecule has 0 aromatic heterocycles. The largest absolute Gasteiger partial charge is 0.357 e. The molecule has 0 amide bonds. The highest BCUT2D eigenvalue weighted by molar-refractivity contribution is 7.89. The zero-order chi connectivity index (χ0) is 16.8. The van der Waals surface area contributed by atoms with Gasteiger partial charge < -0.3 is 10.6 Å². The predicted octanol–water partition coefficient (Wildman–Crippen LogP) is 0.952. The minimum Gasteiger partial charge on any atom is -0.357 e. The van der Waals surface area contributed by atoms with E-state index < -0.39 is 10.0 Å². The van der Waals surface area contributed by atoms with Crippen LogP contribution in [-0.2, 0) is 15.4 Å². The first-order valence-electron chi connectivity index (χ1n) is 8.03. The van der Waals surface area contributed by atoms with Crippen LogP contribution >= 0.6 is 0 Å². The number of hydrogen-bond acceptors (Lipinski definition) is 3. The lowest BCUT2D eigenvalue weighted by molar-refractivity contribution is 0.253. The van der Waals surface area contributed by atoms with Crippen LogP contribution in [0.1, 0.15) is 31.7 Å². The molecule has 1 saturated carbocycles. The smallest absolute Gasteiger partial charge is 0.210 e. The Morgan fingerprint density at radius 1 is 1.26 bits per heavy atom. The zero-order valence-corrected chi connectivity index (χ0v) is 14.4. The van der Waals surface area contributed by atoms with Gasteiger partial charge >= 0.3 is 0 Å². The van der Waals surface area contributed by atoms with Crippen LogP contribution in [0.25, 0.3) is 0 Å². The fourth-order valence-corrected chi connectivity index (χ4v) is 3.20. The van der Waals surface area contributed by atoms with Crippen molar-refractivity contribution in [3.8, 4) is 0 Å². The number of benzene rings is 1. The predicted molar refractivity (Wildman–Crippen MR) is 93.9 cm³/mol. The number of hydrogen-bond donors (Lipinski definition) is 3. The Bertz CT molecular complexity index is 625. The SMILES string of the molecule is CCNC(=NCC1(c2ccccc2)CCC1)NCCS(N)(=O)=O. The number of rotatable bonds is 7. The van der Waals surface area contributed by atoms with E-state index in [-0.39, 0.29) is 17.7 Å². The van der Waals surface area contributed by atoms with Crippen LogP contribution in [0.4, 0.5) is 0 Å². The van der Waals surface area contributed by atoms with Crippen LogP contribution < -0.4 is 15.8 Å². The molecule has 128 valence electrons. The van der Waals surface area contributed by atoms with Crippen LogP contribution in [-0.4, -0.2) is 39.8 Å². The maximum atomic E-state index is 11.0. The highest BCUT2D eigenvalue weighted by Gasteiger charge is 2.38. The maximum absolute atomic E-state index is 11.0. The lowest BCUT2D eigenvalue weighted by Gasteiger charge is -2.41. The Balaban J connectivity index is 2.01. The van der Waals surface area contributed by atoms with E-state index in [1.165, 1.54) is 12.0 Å². The van der Waals surface area contributed by atoms with Gasteiger partial charge in [0.25, 0.3) is 0 Å². The van der Waals surface area contributed by atoms with Gasteiger partial charge in [-0.1, -0.05) is 36.8 Å². The van der Waals surface area contributed by atoms with E-state index in [2.05, 4.69) is 39.9 Å². The van der Waals surface area contributed by atoms with Crippen LogP contribution in [0, 0.1) is 0 Å². The molecule has 0 atom stereocenters. The summed E-state index contributed by atoms with van der Waals surface area (Å²) in [5.41, 5.74) is 1.44. The second-order valence-electron chi connectivity index (χ2n) is 5.99. The van der Waals surface area contributed by atoms with Crippen molar-refractivity contribution in [1.29, 1.82) is 0 Å². The standard InChI is InChI=1S/C16H26N4O2S/c1-2-18-15(19-11-12-23(17,21)22)20-13-16(9-6-10-16)14-7-4-3-5-8-14/h3-5,7-8H,2,6,9-13H2,1H3,(H2,17,21,22)(H2,18,19,20). The van der Waals surface area contributed by atoms with Crippen molar-refractivity contribution in [1.82, 2.24) is 10.6 Å². The lowest BCUT2D eigenvalue weighted by Crippen LogP contribution is -2.43. The van der Waals surface area contributed by atoms with Crippen molar-refractivity contribution in [2.24, 2.45) is 10.1 Å². The summed E-state index contributed by atoms with van der Waals surface area (Å²) in [5, 5.41) is 11.2. The number of sulfonamides is 1. The van der Waals surface area contributed by atoms with E-state index in [9.17, 15) is 8.42 Å².